The Hall–Kier alpha value is -0.760. The van der Waals surface area contributed by atoms with Gasteiger partial charge in [-0.25, -0.2) is 0 Å². The molecular formula is C13H21NO4S2. The van der Waals surface area contributed by atoms with Gasteiger partial charge >= 0.3 is 9.15 Å². The van der Waals surface area contributed by atoms with Crippen LogP contribution in [0, 0.1) is 0 Å². The Bertz CT molecular complexity index is 505. The molecule has 1 unspecified atom stereocenters. The molecule has 2 N–H and O–H groups in total. The lowest BCUT2D eigenvalue weighted by Gasteiger charge is -2.16. The van der Waals surface area contributed by atoms with Gasteiger partial charge in [-0.05, 0) is 40.8 Å². The molecule has 0 saturated heterocycles. The zero-order valence-corrected chi connectivity index (χ0v) is 13.3. The summed E-state index contributed by atoms with van der Waals surface area (Å²) in [5.74, 6) is 1.51. The smallest absolute Gasteiger partial charge is 0.319 e. The molecule has 0 aliphatic carbocycles. The van der Waals surface area contributed by atoms with E-state index < -0.39 is 9.15 Å². The first-order valence-electron chi connectivity index (χ1n) is 6.42. The topological polar surface area (TPSA) is 75.6 Å². The predicted molar refractivity (Wildman–Crippen MR) is 82.9 cm³/mol. The van der Waals surface area contributed by atoms with Gasteiger partial charge in [0.15, 0.2) is 0 Å². The fourth-order valence-corrected chi connectivity index (χ4v) is 3.21. The molecule has 114 valence electrons. The van der Waals surface area contributed by atoms with Crippen molar-refractivity contribution < 1.29 is 17.7 Å². The Morgan fingerprint density at radius 3 is 2.80 bits per heavy atom. The molecule has 1 aromatic carbocycles. The van der Waals surface area contributed by atoms with Gasteiger partial charge in [0.1, 0.15) is 5.75 Å². The first kappa shape index (κ1) is 17.3. The molecule has 1 atom stereocenters. The standard InChI is InChI=1S/C13H21NO4S2/c1-3-11(10-14-7-8-19-20(15,16)17)12-5-4-6-13(9-12)18-2/h4-6,9,11,14H,3,7-8,10H2,1-2H3,(H,15,16,17). The summed E-state index contributed by atoms with van der Waals surface area (Å²) >= 11 is 0. The zero-order chi connectivity index (χ0) is 15.0. The van der Waals surface area contributed by atoms with Crippen molar-refractivity contribution >= 4 is 19.9 Å². The molecule has 1 rings (SSSR count). The molecule has 5 nitrogen and oxygen atoms in total. The lowest BCUT2D eigenvalue weighted by molar-refractivity contribution is 0.413. The number of hydrogen-bond donors (Lipinski definition) is 2. The lowest BCUT2D eigenvalue weighted by Crippen LogP contribution is -2.24. The van der Waals surface area contributed by atoms with Crippen LogP contribution in [0.5, 0.6) is 5.75 Å². The number of rotatable bonds is 9. The summed E-state index contributed by atoms with van der Waals surface area (Å²) < 4.78 is 34.9. The second kappa shape index (κ2) is 8.51. The van der Waals surface area contributed by atoms with Crippen molar-refractivity contribution in [1.82, 2.24) is 5.32 Å². The van der Waals surface area contributed by atoms with Crippen LogP contribution in [0.15, 0.2) is 24.3 Å². The van der Waals surface area contributed by atoms with E-state index in [-0.39, 0.29) is 0 Å². The third kappa shape index (κ3) is 6.60. The molecular weight excluding hydrogens is 298 g/mol. The average molecular weight is 319 g/mol. The van der Waals surface area contributed by atoms with E-state index in [1.807, 2.05) is 18.2 Å². The van der Waals surface area contributed by atoms with E-state index in [9.17, 15) is 8.42 Å². The van der Waals surface area contributed by atoms with Crippen molar-refractivity contribution in [1.29, 1.82) is 0 Å². The average Bonchev–Trinajstić information content (AvgIpc) is 2.41. The molecule has 0 heterocycles. The van der Waals surface area contributed by atoms with Crippen molar-refractivity contribution in [3.8, 4) is 5.75 Å². The zero-order valence-electron chi connectivity index (χ0n) is 11.7. The van der Waals surface area contributed by atoms with Gasteiger partial charge in [-0.1, -0.05) is 19.1 Å². The van der Waals surface area contributed by atoms with Gasteiger partial charge in [-0.2, -0.15) is 8.42 Å². The van der Waals surface area contributed by atoms with Crippen molar-refractivity contribution in [2.24, 2.45) is 0 Å². The van der Waals surface area contributed by atoms with Crippen LogP contribution in [-0.2, 0) is 9.15 Å². The van der Waals surface area contributed by atoms with Gasteiger partial charge in [0.2, 0.25) is 0 Å². The molecule has 0 spiro atoms. The molecule has 0 saturated carbocycles. The van der Waals surface area contributed by atoms with Gasteiger partial charge in [0.05, 0.1) is 7.11 Å². The fourth-order valence-electron chi connectivity index (χ4n) is 1.89. The van der Waals surface area contributed by atoms with Crippen LogP contribution in [-0.4, -0.2) is 38.9 Å². The van der Waals surface area contributed by atoms with E-state index in [0.29, 0.717) is 29.0 Å². The molecule has 1 aromatic rings. The highest BCUT2D eigenvalue weighted by molar-refractivity contribution is 8.69. The second-order valence-corrected chi connectivity index (χ2v) is 7.81. The number of ether oxygens (including phenoxy) is 1. The van der Waals surface area contributed by atoms with Gasteiger partial charge < -0.3 is 10.1 Å². The highest BCUT2D eigenvalue weighted by Gasteiger charge is 2.10. The van der Waals surface area contributed by atoms with Crippen LogP contribution in [0.25, 0.3) is 0 Å². The van der Waals surface area contributed by atoms with Crippen molar-refractivity contribution in [2.75, 3.05) is 26.0 Å². The monoisotopic (exact) mass is 319 g/mol. The summed E-state index contributed by atoms with van der Waals surface area (Å²) in [6.45, 7) is 3.40. The SMILES string of the molecule is CCC(CNCCSS(=O)(=O)O)c1cccc(OC)c1. The van der Waals surface area contributed by atoms with E-state index in [1.54, 1.807) is 7.11 Å². The Morgan fingerprint density at radius 2 is 2.20 bits per heavy atom. The lowest BCUT2D eigenvalue weighted by atomic mass is 9.96. The quantitative estimate of drug-likeness (QED) is 0.413. The maximum Gasteiger partial charge on any atom is 0.319 e. The largest absolute Gasteiger partial charge is 0.497 e. The minimum Gasteiger partial charge on any atom is -0.497 e. The van der Waals surface area contributed by atoms with Crippen LogP contribution in [0.1, 0.15) is 24.8 Å². The van der Waals surface area contributed by atoms with E-state index in [4.69, 9.17) is 9.29 Å². The maximum absolute atomic E-state index is 10.6. The normalized spacial score (nSPS) is 13.2. The van der Waals surface area contributed by atoms with Gasteiger partial charge in [0.25, 0.3) is 0 Å². The van der Waals surface area contributed by atoms with E-state index in [2.05, 4.69) is 18.3 Å². The third-order valence-electron chi connectivity index (χ3n) is 2.96. The molecule has 0 amide bonds. The summed E-state index contributed by atoms with van der Waals surface area (Å²) in [6, 6.07) is 7.95. The molecule has 0 fully saturated rings. The predicted octanol–water partition coefficient (Wildman–Crippen LogP) is 2.31. The number of hydrogen-bond acceptors (Lipinski definition) is 5. The van der Waals surface area contributed by atoms with Crippen LogP contribution in [0.3, 0.4) is 0 Å². The molecule has 7 heteroatoms. The number of benzene rings is 1. The van der Waals surface area contributed by atoms with Crippen molar-refractivity contribution in [3.05, 3.63) is 29.8 Å². The fraction of sp³-hybridized carbons (Fsp3) is 0.538. The Kier molecular flexibility index (Phi) is 7.36. The summed E-state index contributed by atoms with van der Waals surface area (Å²) in [5.41, 5.74) is 1.20. The second-order valence-electron chi connectivity index (χ2n) is 4.34. The molecule has 0 aliphatic heterocycles. The summed E-state index contributed by atoms with van der Waals surface area (Å²) in [7, 11) is -1.75. The summed E-state index contributed by atoms with van der Waals surface area (Å²) in [6.07, 6.45) is 0.978. The van der Waals surface area contributed by atoms with Crippen molar-refractivity contribution in [3.63, 3.8) is 0 Å². The third-order valence-corrected chi connectivity index (χ3v) is 5.02. The first-order chi connectivity index (χ1) is 9.46. The Labute approximate surface area is 124 Å². The van der Waals surface area contributed by atoms with E-state index >= 15 is 0 Å². The highest BCUT2D eigenvalue weighted by atomic mass is 33.1. The number of nitrogens with one attached hydrogen (secondary N) is 1. The van der Waals surface area contributed by atoms with Crippen LogP contribution >= 0.6 is 10.8 Å². The molecule has 0 radical (unpaired) electrons. The van der Waals surface area contributed by atoms with E-state index in [0.717, 1.165) is 18.7 Å². The van der Waals surface area contributed by atoms with Gasteiger partial charge in [-0.15, -0.1) is 0 Å². The highest BCUT2D eigenvalue weighted by Crippen LogP contribution is 2.22. The minimum atomic E-state index is -3.93. The summed E-state index contributed by atoms with van der Waals surface area (Å²) in [4.78, 5) is 0. The Morgan fingerprint density at radius 1 is 1.45 bits per heavy atom. The number of methoxy groups -OCH3 is 1. The summed E-state index contributed by atoms with van der Waals surface area (Å²) in [5, 5.41) is 3.21. The van der Waals surface area contributed by atoms with Crippen LogP contribution in [0.2, 0.25) is 0 Å². The molecule has 0 bridgehead atoms. The van der Waals surface area contributed by atoms with Gasteiger partial charge in [0, 0.05) is 18.8 Å². The van der Waals surface area contributed by atoms with E-state index in [1.165, 1.54) is 5.56 Å². The molecule has 20 heavy (non-hydrogen) atoms. The first-order valence-corrected chi connectivity index (χ1v) is 9.37. The van der Waals surface area contributed by atoms with Gasteiger partial charge in [-0.3, -0.25) is 4.55 Å². The van der Waals surface area contributed by atoms with Crippen LogP contribution < -0.4 is 10.1 Å². The van der Waals surface area contributed by atoms with Crippen LogP contribution in [0.4, 0.5) is 0 Å². The molecule has 0 aliphatic rings. The maximum atomic E-state index is 10.6. The van der Waals surface area contributed by atoms with Crippen molar-refractivity contribution in [2.45, 2.75) is 19.3 Å². The molecule has 0 aromatic heterocycles. The minimum absolute atomic E-state index is 0.327. The Balaban J connectivity index is 2.43.